The number of aromatic nitrogens is 3. The van der Waals surface area contributed by atoms with Crippen LogP contribution in [0, 0.1) is 5.92 Å². The van der Waals surface area contributed by atoms with Crippen LogP contribution in [0.1, 0.15) is 31.9 Å². The Balaban J connectivity index is 1.98. The average molecular weight is 340 g/mol. The molecule has 1 fully saturated rings. The van der Waals surface area contributed by atoms with Gasteiger partial charge < -0.3 is 9.84 Å². The second-order valence-electron chi connectivity index (χ2n) is 6.09. The molecule has 6 nitrogen and oxygen atoms in total. The Morgan fingerprint density at radius 3 is 2.62 bits per heavy atom. The van der Waals surface area contributed by atoms with Gasteiger partial charge in [0.15, 0.2) is 0 Å². The van der Waals surface area contributed by atoms with Gasteiger partial charge in [-0.1, -0.05) is 25.1 Å². The molecule has 0 spiro atoms. The van der Waals surface area contributed by atoms with Crippen molar-refractivity contribution in [3.8, 4) is 11.5 Å². The van der Waals surface area contributed by atoms with Gasteiger partial charge in [-0.25, -0.2) is 4.98 Å². The molecule has 0 saturated carbocycles. The van der Waals surface area contributed by atoms with E-state index < -0.39 is 17.3 Å². The van der Waals surface area contributed by atoms with E-state index in [-0.39, 0.29) is 35.7 Å². The van der Waals surface area contributed by atoms with Gasteiger partial charge in [0.25, 0.3) is 0 Å². The standard InChI is InChI=1S/C15H15F3N4O2/c1-8(2)14(6-11(23)19-7-14)13-21-12(22-24-13)9-4-3-5-10(20-9)15(16,17)18/h3-5,8H,6-7H2,1-2H3,(H,19,23)/t14-/m0/s1. The van der Waals surface area contributed by atoms with Crippen LogP contribution in [0.4, 0.5) is 13.2 Å². The number of carbonyl (C=O) groups is 1. The van der Waals surface area contributed by atoms with Crippen LogP contribution in [0.2, 0.25) is 0 Å². The van der Waals surface area contributed by atoms with Gasteiger partial charge in [-0.2, -0.15) is 18.2 Å². The molecule has 3 rings (SSSR count). The van der Waals surface area contributed by atoms with E-state index in [4.69, 9.17) is 4.52 Å². The SMILES string of the molecule is CC(C)[C@@]1(c2nc(-c3cccc(C(F)(F)F)n3)no2)CNC(=O)C1. The summed E-state index contributed by atoms with van der Waals surface area (Å²) in [5.41, 5.74) is -1.72. The molecule has 0 radical (unpaired) electrons. The maximum Gasteiger partial charge on any atom is 0.433 e. The molecule has 3 heterocycles. The van der Waals surface area contributed by atoms with Crippen molar-refractivity contribution < 1.29 is 22.5 Å². The quantitative estimate of drug-likeness (QED) is 0.929. The predicted octanol–water partition coefficient (Wildman–Crippen LogP) is 2.56. The van der Waals surface area contributed by atoms with Gasteiger partial charge in [0.2, 0.25) is 17.6 Å². The zero-order valence-electron chi connectivity index (χ0n) is 13.0. The molecular weight excluding hydrogens is 325 g/mol. The first-order valence-electron chi connectivity index (χ1n) is 7.38. The number of carbonyl (C=O) groups excluding carboxylic acids is 1. The van der Waals surface area contributed by atoms with E-state index in [9.17, 15) is 18.0 Å². The van der Waals surface area contributed by atoms with Crippen LogP contribution in [0.25, 0.3) is 11.5 Å². The van der Waals surface area contributed by atoms with E-state index >= 15 is 0 Å². The van der Waals surface area contributed by atoms with E-state index in [1.165, 1.54) is 12.1 Å². The number of amides is 1. The number of hydrogen-bond acceptors (Lipinski definition) is 5. The summed E-state index contributed by atoms with van der Waals surface area (Å²) in [6, 6.07) is 3.49. The summed E-state index contributed by atoms with van der Waals surface area (Å²) in [6.45, 7) is 4.19. The summed E-state index contributed by atoms with van der Waals surface area (Å²) in [7, 11) is 0. The van der Waals surface area contributed by atoms with Gasteiger partial charge in [-0.05, 0) is 18.1 Å². The first kappa shape index (κ1) is 16.4. The van der Waals surface area contributed by atoms with Crippen molar-refractivity contribution in [3.05, 3.63) is 29.8 Å². The zero-order chi connectivity index (χ0) is 17.5. The maximum absolute atomic E-state index is 12.8. The molecule has 1 saturated heterocycles. The van der Waals surface area contributed by atoms with Crippen LogP contribution in [0.3, 0.4) is 0 Å². The number of pyridine rings is 1. The van der Waals surface area contributed by atoms with E-state index in [1.807, 2.05) is 13.8 Å². The molecule has 24 heavy (non-hydrogen) atoms. The Kier molecular flexibility index (Phi) is 3.81. The molecule has 0 unspecified atom stereocenters. The summed E-state index contributed by atoms with van der Waals surface area (Å²) >= 11 is 0. The first-order chi connectivity index (χ1) is 11.2. The summed E-state index contributed by atoms with van der Waals surface area (Å²) in [4.78, 5) is 19.4. The fourth-order valence-corrected chi connectivity index (χ4v) is 2.72. The normalized spacial score (nSPS) is 21.3. The highest BCUT2D eigenvalue weighted by molar-refractivity contribution is 5.80. The van der Waals surface area contributed by atoms with Crippen molar-refractivity contribution in [2.45, 2.75) is 31.9 Å². The monoisotopic (exact) mass is 340 g/mol. The summed E-state index contributed by atoms with van der Waals surface area (Å²) < 4.78 is 43.6. The van der Waals surface area contributed by atoms with Crippen LogP contribution in [0.5, 0.6) is 0 Å². The van der Waals surface area contributed by atoms with Crippen LogP contribution in [-0.4, -0.2) is 27.6 Å². The molecule has 2 aromatic heterocycles. The molecular formula is C15H15F3N4O2. The first-order valence-corrected chi connectivity index (χ1v) is 7.38. The third-order valence-electron chi connectivity index (χ3n) is 4.30. The van der Waals surface area contributed by atoms with Crippen molar-refractivity contribution in [1.82, 2.24) is 20.4 Å². The second-order valence-corrected chi connectivity index (χ2v) is 6.09. The molecule has 1 N–H and O–H groups in total. The molecule has 0 aliphatic carbocycles. The van der Waals surface area contributed by atoms with Crippen molar-refractivity contribution in [1.29, 1.82) is 0 Å². The Morgan fingerprint density at radius 1 is 1.29 bits per heavy atom. The van der Waals surface area contributed by atoms with Gasteiger partial charge in [0.05, 0.1) is 5.41 Å². The molecule has 1 atom stereocenters. The largest absolute Gasteiger partial charge is 0.433 e. The number of alkyl halides is 3. The fourth-order valence-electron chi connectivity index (χ4n) is 2.72. The van der Waals surface area contributed by atoms with Gasteiger partial charge in [0, 0.05) is 13.0 Å². The number of rotatable bonds is 3. The third-order valence-corrected chi connectivity index (χ3v) is 4.30. The smallest absolute Gasteiger partial charge is 0.355 e. The predicted molar refractivity (Wildman–Crippen MR) is 76.7 cm³/mol. The molecule has 0 aromatic carbocycles. The molecule has 0 bridgehead atoms. The minimum Gasteiger partial charge on any atom is -0.355 e. The van der Waals surface area contributed by atoms with E-state index in [1.54, 1.807) is 0 Å². The topological polar surface area (TPSA) is 80.9 Å². The van der Waals surface area contributed by atoms with Crippen LogP contribution in [-0.2, 0) is 16.4 Å². The Hall–Kier alpha value is -2.45. The van der Waals surface area contributed by atoms with Crippen molar-refractivity contribution in [2.75, 3.05) is 6.54 Å². The van der Waals surface area contributed by atoms with Gasteiger partial charge in [-0.15, -0.1) is 0 Å². The van der Waals surface area contributed by atoms with E-state index in [0.29, 0.717) is 6.54 Å². The lowest BCUT2D eigenvalue weighted by molar-refractivity contribution is -0.141. The summed E-state index contributed by atoms with van der Waals surface area (Å²) in [5, 5.41) is 6.49. The number of nitrogens with one attached hydrogen (secondary N) is 1. The average Bonchev–Trinajstić information content (AvgIpc) is 3.14. The minimum atomic E-state index is -4.55. The number of hydrogen-bond donors (Lipinski definition) is 1. The Labute approximate surface area is 135 Å². The zero-order valence-corrected chi connectivity index (χ0v) is 13.0. The number of nitrogens with zero attached hydrogens (tertiary/aromatic N) is 3. The molecule has 2 aromatic rings. The lowest BCUT2D eigenvalue weighted by Crippen LogP contribution is -2.35. The van der Waals surface area contributed by atoms with E-state index in [2.05, 4.69) is 20.4 Å². The Morgan fingerprint density at radius 2 is 2.04 bits per heavy atom. The minimum absolute atomic E-state index is 0.0271. The highest BCUT2D eigenvalue weighted by atomic mass is 19.4. The van der Waals surface area contributed by atoms with Crippen molar-refractivity contribution in [3.63, 3.8) is 0 Å². The molecule has 9 heteroatoms. The van der Waals surface area contributed by atoms with Gasteiger partial charge in [-0.3, -0.25) is 4.79 Å². The third kappa shape index (κ3) is 2.74. The van der Waals surface area contributed by atoms with Crippen molar-refractivity contribution >= 4 is 5.91 Å². The van der Waals surface area contributed by atoms with Crippen molar-refractivity contribution in [2.24, 2.45) is 5.92 Å². The van der Waals surface area contributed by atoms with E-state index in [0.717, 1.165) is 6.07 Å². The molecule has 1 aliphatic rings. The van der Waals surface area contributed by atoms with Crippen LogP contribution >= 0.6 is 0 Å². The second kappa shape index (κ2) is 5.57. The maximum atomic E-state index is 12.8. The molecule has 1 amide bonds. The summed E-state index contributed by atoms with van der Waals surface area (Å²) in [6.07, 6.45) is -4.36. The van der Waals surface area contributed by atoms with Gasteiger partial charge in [0.1, 0.15) is 11.4 Å². The van der Waals surface area contributed by atoms with Crippen LogP contribution in [0.15, 0.2) is 22.7 Å². The van der Waals surface area contributed by atoms with Crippen LogP contribution < -0.4 is 5.32 Å². The highest BCUT2D eigenvalue weighted by Crippen LogP contribution is 2.38. The molecule has 1 aliphatic heterocycles. The molecule has 128 valence electrons. The lowest BCUT2D eigenvalue weighted by Gasteiger charge is -2.26. The fraction of sp³-hybridized carbons (Fsp3) is 0.467. The summed E-state index contributed by atoms with van der Waals surface area (Å²) in [5.74, 6) is 0.0976. The highest BCUT2D eigenvalue weighted by Gasteiger charge is 2.47. The lowest BCUT2D eigenvalue weighted by atomic mass is 9.76. The Bertz CT molecular complexity index is 772. The number of halogens is 3. The van der Waals surface area contributed by atoms with Gasteiger partial charge >= 0.3 is 6.18 Å².